The van der Waals surface area contributed by atoms with Gasteiger partial charge in [-0.15, -0.1) is 0 Å². The van der Waals surface area contributed by atoms with Crippen LogP contribution in [0.25, 0.3) is 0 Å². The number of hydrogen-bond donors (Lipinski definition) is 11. The lowest BCUT2D eigenvalue weighted by molar-refractivity contribution is -0.148. The molecule has 32 nitrogen and oxygen atoms in total. The number of benzene rings is 2. The van der Waals surface area contributed by atoms with Crippen LogP contribution < -0.4 is 57.9 Å². The van der Waals surface area contributed by atoms with Crippen molar-refractivity contribution in [1.82, 2.24) is 56.8 Å². The average Bonchev–Trinajstić information content (AvgIpc) is 1.82. The normalized spacial score (nSPS) is 15.9. The van der Waals surface area contributed by atoms with E-state index in [0.717, 1.165) is 6.26 Å². The Labute approximate surface area is 611 Å². The summed E-state index contributed by atoms with van der Waals surface area (Å²) in [4.78, 5) is 168. The number of hydrogen-bond acceptors (Lipinski definition) is 19. The maximum absolute atomic E-state index is 14.5. The van der Waals surface area contributed by atoms with Gasteiger partial charge in [-0.1, -0.05) is 99.4 Å². The number of aliphatic carboxylic acids is 1. The van der Waals surface area contributed by atoms with Gasteiger partial charge in [0.1, 0.15) is 29.9 Å². The van der Waals surface area contributed by atoms with Gasteiger partial charge < -0.3 is 72.1 Å². The molecule has 0 spiro atoms. The number of carbonyl (C=O) groups is 12. The van der Waals surface area contributed by atoms with Crippen LogP contribution in [0.3, 0.4) is 0 Å². The molecule has 12 N–H and O–H groups in total. The van der Waals surface area contributed by atoms with Crippen LogP contribution in [0.1, 0.15) is 157 Å². The molecule has 104 heavy (non-hydrogen) atoms. The summed E-state index contributed by atoms with van der Waals surface area (Å²) in [6, 6.07) is 5.70. The molecular formula is C71H115N13O19S. The van der Waals surface area contributed by atoms with Crippen molar-refractivity contribution in [3.63, 3.8) is 0 Å². The lowest BCUT2D eigenvalue weighted by Crippen LogP contribution is -2.59. The minimum atomic E-state index is -4.09. The third-order valence-electron chi connectivity index (χ3n) is 18.1. The van der Waals surface area contributed by atoms with Crippen molar-refractivity contribution >= 4 is 87.0 Å². The number of nitrogens with zero attached hydrogens (tertiary/aromatic N) is 3. The van der Waals surface area contributed by atoms with Gasteiger partial charge in [0, 0.05) is 72.3 Å². The zero-order valence-electron chi connectivity index (χ0n) is 63.1. The molecule has 1 saturated heterocycles. The van der Waals surface area contributed by atoms with Crippen LogP contribution in [0, 0.1) is 29.6 Å². The Balaban J connectivity index is 1.54. The monoisotopic (exact) mass is 1490 g/mol. The highest BCUT2D eigenvalue weighted by Crippen LogP contribution is 2.30. The van der Waals surface area contributed by atoms with Crippen LogP contribution in [-0.2, 0) is 85.3 Å². The van der Waals surface area contributed by atoms with Crippen molar-refractivity contribution in [3.8, 4) is 5.75 Å². The van der Waals surface area contributed by atoms with E-state index < -0.39 is 118 Å². The van der Waals surface area contributed by atoms with Crippen LogP contribution in [0.2, 0.25) is 0 Å². The van der Waals surface area contributed by atoms with Gasteiger partial charge in [0.15, 0.2) is 0 Å². The molecule has 33 heteroatoms. The highest BCUT2D eigenvalue weighted by molar-refractivity contribution is 7.89. The van der Waals surface area contributed by atoms with E-state index in [0.29, 0.717) is 61.9 Å². The molecule has 0 aromatic heterocycles. The Morgan fingerprint density at radius 2 is 1.28 bits per heavy atom. The predicted molar refractivity (Wildman–Crippen MR) is 388 cm³/mol. The number of likely N-dealkylation sites (tertiary alicyclic amines) is 1. The van der Waals surface area contributed by atoms with Crippen LogP contribution in [0.5, 0.6) is 5.75 Å². The maximum atomic E-state index is 14.5. The topological polar surface area (TPSA) is 440 Å². The summed E-state index contributed by atoms with van der Waals surface area (Å²) in [6.45, 7) is 17.2. The third kappa shape index (κ3) is 31.0. The van der Waals surface area contributed by atoms with E-state index in [-0.39, 0.29) is 124 Å². The molecule has 1 aliphatic rings. The standard InChI is InChI=1S/C71H115N13O19S/c1-16-45(8)62(83(12)69(95)60(43(4)5)79-68(94)61(44(6)7)82(10)11)54(100-13)40-57(87)84-38-22-24-53(84)63(101-14)46(9)64(90)77-52(66(92)81-104(15,98)99)39-47-30-34-50(35-31-47)103-71(97)74-36-19-17-18-25-56(86)80-102-41-48-28-32-49(33-29-48)75-65(91)51(23-21-37-73-70(72)96)76-67(93)59(42(2)3)78-55(85)26-20-27-58(88)89/h28-35,42-46,51-54,59-63H,16-27,36-41H2,1-15H3,(H,74,97)(H,75,91)(H,76,93)(H,77,90)(H,78,85)(H,79,94)(H,80,86)(H,81,92)(H,88,89)(H3,72,73,96)/t45-,46+,51-,52-,53-,54+,59-,60-,61-,62-,63+/m0/s1. The maximum Gasteiger partial charge on any atom is 0.412 e. The minimum absolute atomic E-state index is 0.0186. The Hall–Kier alpha value is -8.53. The van der Waals surface area contributed by atoms with Crippen LogP contribution in [-0.4, -0.2) is 215 Å². The second-order valence-corrected chi connectivity index (χ2v) is 29.5. The summed E-state index contributed by atoms with van der Waals surface area (Å²) in [7, 11) is 4.12. The smallest absolute Gasteiger partial charge is 0.412 e. The Bertz CT molecular complexity index is 3260. The van der Waals surface area contributed by atoms with Crippen molar-refractivity contribution < 1.29 is 90.1 Å². The van der Waals surface area contributed by atoms with Gasteiger partial charge in [0.05, 0.1) is 55.5 Å². The third-order valence-corrected chi connectivity index (χ3v) is 18.7. The highest BCUT2D eigenvalue weighted by atomic mass is 32.2. The summed E-state index contributed by atoms with van der Waals surface area (Å²) in [6.07, 6.45) is 1.52. The Kier molecular flexibility index (Phi) is 38.8. The number of methoxy groups -OCH3 is 2. The molecule has 2 aromatic rings. The first-order valence-corrected chi connectivity index (χ1v) is 37.4. The van der Waals surface area contributed by atoms with Crippen molar-refractivity contribution in [2.75, 3.05) is 66.6 Å². The fourth-order valence-electron chi connectivity index (χ4n) is 12.4. The lowest BCUT2D eigenvalue weighted by atomic mass is 9.89. The molecule has 0 unspecified atom stereocenters. The summed E-state index contributed by atoms with van der Waals surface area (Å²) in [5, 5.41) is 27.7. The van der Waals surface area contributed by atoms with Gasteiger partial charge in [-0.2, -0.15) is 0 Å². The first-order chi connectivity index (χ1) is 48.9. The van der Waals surface area contributed by atoms with E-state index in [1.165, 1.54) is 26.4 Å². The molecule has 0 bridgehead atoms. The number of sulfonamides is 1. The molecule has 2 aromatic carbocycles. The van der Waals surface area contributed by atoms with Gasteiger partial charge in [-0.3, -0.25) is 62.4 Å². The number of urea groups is 1. The van der Waals surface area contributed by atoms with E-state index >= 15 is 0 Å². The fraction of sp³-hybridized carbons (Fsp3) is 0.662. The van der Waals surface area contributed by atoms with Crippen molar-refractivity contribution in [3.05, 3.63) is 59.7 Å². The number of anilines is 1. The lowest BCUT2D eigenvalue weighted by Gasteiger charge is -2.41. The first-order valence-electron chi connectivity index (χ1n) is 35.5. The van der Waals surface area contributed by atoms with E-state index in [2.05, 4.69) is 42.7 Å². The van der Waals surface area contributed by atoms with Gasteiger partial charge in [-0.25, -0.2) is 23.5 Å². The van der Waals surface area contributed by atoms with Gasteiger partial charge >= 0.3 is 18.1 Å². The van der Waals surface area contributed by atoms with E-state index in [1.807, 2.05) is 65.3 Å². The molecule has 11 atom stereocenters. The molecule has 3 rings (SSSR count). The summed E-state index contributed by atoms with van der Waals surface area (Å²) < 4.78 is 44.1. The number of nitrogens with two attached hydrogens (primary N) is 1. The van der Waals surface area contributed by atoms with Gasteiger partial charge in [-0.05, 0) is 118 Å². The SMILES string of the molecule is CC[C@H](C)[C@@H]([C@@H](CC(=O)N1CCC[C@H]1[C@H](OC)[C@@H](C)C(=O)N[C@@H](Cc1ccc(OC(=O)NCCCCCC(=O)NOCc2ccc(NC(=O)[C@H](CCCNC(N)=O)NC(=O)[C@@H](NC(=O)CCCC(=O)O)C(C)C)cc2)cc1)C(=O)NS(C)(=O)=O)OC)N(C)C(=O)[C@@H](NC(=O)[C@H](C(C)C)N(C)C)C(C)C. The quantitative estimate of drug-likeness (QED) is 0.0333. The number of likely N-dealkylation sites (N-methyl/N-ethyl adjacent to an activating group) is 2. The van der Waals surface area contributed by atoms with Crippen LogP contribution in [0.15, 0.2) is 48.5 Å². The van der Waals surface area contributed by atoms with E-state index in [1.54, 1.807) is 74.0 Å². The molecule has 1 fully saturated rings. The number of rotatable bonds is 46. The Morgan fingerprint density at radius 3 is 1.85 bits per heavy atom. The summed E-state index contributed by atoms with van der Waals surface area (Å²) in [5.74, 6) is -7.38. The van der Waals surface area contributed by atoms with Crippen molar-refractivity contribution in [2.45, 2.75) is 213 Å². The summed E-state index contributed by atoms with van der Waals surface area (Å²) >= 11 is 0. The van der Waals surface area contributed by atoms with Gasteiger partial charge in [0.25, 0.3) is 5.91 Å². The number of hydroxylamine groups is 1. The number of carboxylic acid groups (broad SMARTS) is 1. The number of primary amides is 1. The minimum Gasteiger partial charge on any atom is -0.481 e. The van der Waals surface area contributed by atoms with Crippen LogP contribution in [0.4, 0.5) is 15.3 Å². The number of amides is 12. The number of nitrogens with one attached hydrogen (secondary N) is 9. The van der Waals surface area contributed by atoms with Crippen LogP contribution >= 0.6 is 0 Å². The second kappa shape index (κ2) is 45.0. The summed E-state index contributed by atoms with van der Waals surface area (Å²) in [5.41, 5.74) is 9.04. The molecule has 0 aliphatic carbocycles. The number of ether oxygens (including phenoxy) is 3. The molecule has 1 heterocycles. The molecule has 12 amide bonds. The number of carboxylic acids is 1. The van der Waals surface area contributed by atoms with E-state index in [4.69, 9.17) is 29.9 Å². The largest absolute Gasteiger partial charge is 0.481 e. The molecule has 584 valence electrons. The fourth-order valence-corrected chi connectivity index (χ4v) is 12.9. The van der Waals surface area contributed by atoms with E-state index in [9.17, 15) is 66.0 Å². The molecule has 0 radical (unpaired) electrons. The zero-order chi connectivity index (χ0) is 78.1. The van der Waals surface area contributed by atoms with Crippen molar-refractivity contribution in [2.24, 2.45) is 35.3 Å². The molecular weight excluding hydrogens is 1370 g/mol. The number of carbonyl (C=O) groups excluding carboxylic acids is 11. The first kappa shape index (κ1) is 89.7. The Morgan fingerprint density at radius 1 is 0.663 bits per heavy atom. The zero-order valence-corrected chi connectivity index (χ0v) is 63.9. The molecule has 1 aliphatic heterocycles. The second-order valence-electron chi connectivity index (χ2n) is 27.8. The van der Waals surface area contributed by atoms with Crippen molar-refractivity contribution in [1.29, 1.82) is 0 Å². The number of unbranched alkanes of at least 4 members (excludes halogenated alkanes) is 2. The molecule has 0 saturated carbocycles. The highest BCUT2D eigenvalue weighted by Gasteiger charge is 2.44. The predicted octanol–water partition coefficient (Wildman–Crippen LogP) is 3.60. The average molecular weight is 1490 g/mol. The van der Waals surface area contributed by atoms with Gasteiger partial charge in [0.2, 0.25) is 57.3 Å².